The van der Waals surface area contributed by atoms with Gasteiger partial charge >= 0.3 is 17.9 Å². The van der Waals surface area contributed by atoms with Crippen molar-refractivity contribution < 1.29 is 107 Å². The molecule has 5 unspecified atom stereocenters. The number of aryl methyl sites for hydroxylation is 1. The molecular weight excluding hydrogens is 1060 g/mol. The molecule has 1 saturated heterocycles. The molecule has 0 spiro atoms. The molecule has 1 aromatic heterocycles. The number of unbranched alkanes of at least 4 members (excludes halogenated alkanes) is 1. The molecule has 80 heavy (non-hydrogen) atoms. The number of rotatable bonds is 44. The fourth-order valence-corrected chi connectivity index (χ4v) is 8.01. The summed E-state index contributed by atoms with van der Waals surface area (Å²) < 4.78 is 28.4. The summed E-state index contributed by atoms with van der Waals surface area (Å²) in [5.74, 6) is -15.6. The number of hydrogen-bond acceptors (Lipinski definition) is 21. The second kappa shape index (κ2) is 37.7. The molecule has 2 rings (SSSR count). The molecule has 10 N–H and O–H groups in total. The number of aliphatic hydroxyl groups excluding tert-OH is 3. The van der Waals surface area contributed by atoms with Crippen molar-refractivity contribution in [1.82, 2.24) is 36.3 Å². The first-order valence-corrected chi connectivity index (χ1v) is 26.6. The molecule has 1 aliphatic rings. The van der Waals surface area contributed by atoms with E-state index in [9.17, 15) is 83.4 Å². The molecule has 1 aliphatic heterocycles. The van der Waals surface area contributed by atoms with E-state index in [2.05, 4.69) is 31.6 Å². The van der Waals surface area contributed by atoms with Gasteiger partial charge in [0, 0.05) is 63.2 Å². The van der Waals surface area contributed by atoms with E-state index >= 15 is 0 Å². The van der Waals surface area contributed by atoms with Gasteiger partial charge in [-0.1, -0.05) is 39.3 Å². The molecular formula is C51H81N7O22. The van der Waals surface area contributed by atoms with Gasteiger partial charge in [0.25, 0.3) is 0 Å². The van der Waals surface area contributed by atoms with E-state index in [-0.39, 0.29) is 38.7 Å². The SMILES string of the molecule is CCCCc1cn(CC(=O)NCC2OC(C(=O)C[C@@H](CC(=O)O)C(=O)N[C@@H](CCC(=O)O)C(=O)C[C@H](C(=O)N[C@@H](CC(=O)O)C(=O)C[C@@H](C)C(=O)NCCOCCOCCOCCOCCC(C)=O)C(C)C)C(O)C(O)C2O)nn1. The number of carboxylic acid groups (broad SMARTS) is 3. The lowest BCUT2D eigenvalue weighted by molar-refractivity contribution is -0.218. The highest BCUT2D eigenvalue weighted by Gasteiger charge is 2.47. The second-order valence-electron chi connectivity index (χ2n) is 19.8. The molecule has 1 fully saturated rings. The standard InChI is InChI=1S/C51H81N7O22/c1-6-7-8-33-27-58(57-56-33)28-41(63)53-26-40-45(70)46(71)47(72)48(80-40)39(62)22-32(23-43(66)67)50(74)54-35(9-10-42(64)65)38(61)24-34(29(2)3)51(75)55-36(25-44(68)69)37(60)21-30(4)49(73)52-12-14-77-16-18-79-20-19-78-17-15-76-13-11-31(5)59/h27,29-30,32,34-36,40,45-48,70-72H,6-26,28H2,1-5H3,(H,52,73)(H,53,63)(H,54,74)(H,55,75)(H,64,65)(H,66,67)(H,68,69)/t30-,32+,34+,35+,36+,40?,45?,46?,47?,48?/m1/s1. The van der Waals surface area contributed by atoms with Crippen molar-refractivity contribution in [1.29, 1.82) is 0 Å². The first kappa shape index (κ1) is 69.9. The van der Waals surface area contributed by atoms with Crippen LogP contribution in [0.2, 0.25) is 0 Å². The zero-order chi connectivity index (χ0) is 59.9. The Morgan fingerprint density at radius 3 is 1.82 bits per heavy atom. The average Bonchev–Trinajstić information content (AvgIpc) is 3.84. The largest absolute Gasteiger partial charge is 0.481 e. The summed E-state index contributed by atoms with van der Waals surface area (Å²) in [6.07, 6.45) is -10.5. The first-order chi connectivity index (χ1) is 37.8. The topological polar surface area (TPSA) is 434 Å². The molecule has 0 aromatic carbocycles. The van der Waals surface area contributed by atoms with Gasteiger partial charge in [0.15, 0.2) is 17.3 Å². The highest BCUT2D eigenvalue weighted by Crippen LogP contribution is 2.26. The Morgan fingerprint density at radius 1 is 0.662 bits per heavy atom. The zero-order valence-electron chi connectivity index (χ0n) is 46.0. The maximum Gasteiger partial charge on any atom is 0.305 e. The normalized spacial score (nSPS) is 18.9. The number of aliphatic hydroxyl groups is 3. The quantitative estimate of drug-likeness (QED) is 0.0314. The van der Waals surface area contributed by atoms with E-state index in [0.29, 0.717) is 51.6 Å². The molecule has 29 nitrogen and oxygen atoms in total. The van der Waals surface area contributed by atoms with Crippen LogP contribution in [0.15, 0.2) is 6.20 Å². The summed E-state index contributed by atoms with van der Waals surface area (Å²) in [6.45, 7) is 9.39. The van der Waals surface area contributed by atoms with Crippen molar-refractivity contribution in [3.8, 4) is 0 Å². The lowest BCUT2D eigenvalue weighted by atomic mass is 9.86. The number of nitrogens with one attached hydrogen (secondary N) is 4. The Balaban J connectivity index is 2.04. The third-order valence-electron chi connectivity index (χ3n) is 12.7. The summed E-state index contributed by atoms with van der Waals surface area (Å²) >= 11 is 0. The van der Waals surface area contributed by atoms with E-state index in [1.165, 1.54) is 32.4 Å². The van der Waals surface area contributed by atoms with Gasteiger partial charge in [-0.3, -0.25) is 52.7 Å². The predicted molar refractivity (Wildman–Crippen MR) is 275 cm³/mol. The van der Waals surface area contributed by atoms with Crippen molar-refractivity contribution in [2.24, 2.45) is 23.7 Å². The monoisotopic (exact) mass is 1140 g/mol. The van der Waals surface area contributed by atoms with Gasteiger partial charge in [-0.15, -0.1) is 5.10 Å². The number of Topliss-reactive ketones (excluding diaryl/α,β-unsaturated/α-hetero) is 4. The lowest BCUT2D eigenvalue weighted by Crippen LogP contribution is -2.62. The van der Waals surface area contributed by atoms with Crippen LogP contribution in [-0.2, 0) is 89.4 Å². The molecule has 0 aliphatic carbocycles. The fourth-order valence-electron chi connectivity index (χ4n) is 8.01. The van der Waals surface area contributed by atoms with Crippen molar-refractivity contribution in [3.63, 3.8) is 0 Å². The number of hydrogen-bond donors (Lipinski definition) is 10. The highest BCUT2D eigenvalue weighted by atomic mass is 16.6. The Bertz CT molecular complexity index is 2190. The van der Waals surface area contributed by atoms with Crippen LogP contribution in [-0.4, -0.2) is 219 Å². The van der Waals surface area contributed by atoms with Crippen LogP contribution in [0.1, 0.15) is 105 Å². The van der Waals surface area contributed by atoms with Gasteiger partial charge in [0.05, 0.1) is 89.4 Å². The number of amides is 4. The molecule has 0 bridgehead atoms. The van der Waals surface area contributed by atoms with Gasteiger partial charge < -0.3 is 75.6 Å². The maximum absolute atomic E-state index is 13.9. The Kier molecular flexibility index (Phi) is 32.9. The minimum Gasteiger partial charge on any atom is -0.481 e. The number of aromatic nitrogens is 3. The third kappa shape index (κ3) is 27.3. The number of carbonyl (C=O) groups is 11. The predicted octanol–water partition coefficient (Wildman–Crippen LogP) is -2.07. The lowest BCUT2D eigenvalue weighted by Gasteiger charge is -2.40. The maximum atomic E-state index is 13.9. The van der Waals surface area contributed by atoms with Crippen LogP contribution >= 0.6 is 0 Å². The Morgan fingerprint density at radius 2 is 1.25 bits per heavy atom. The number of aliphatic carboxylic acids is 3. The van der Waals surface area contributed by atoms with Gasteiger partial charge in [-0.05, 0) is 32.1 Å². The van der Waals surface area contributed by atoms with Crippen LogP contribution in [0, 0.1) is 23.7 Å². The van der Waals surface area contributed by atoms with Crippen LogP contribution < -0.4 is 21.3 Å². The van der Waals surface area contributed by atoms with Crippen molar-refractivity contribution in [3.05, 3.63) is 11.9 Å². The number of ketones is 4. The van der Waals surface area contributed by atoms with E-state index in [4.69, 9.17) is 23.7 Å². The van der Waals surface area contributed by atoms with Gasteiger partial charge in [0.2, 0.25) is 23.6 Å². The van der Waals surface area contributed by atoms with E-state index in [0.717, 1.165) is 12.8 Å². The van der Waals surface area contributed by atoms with Gasteiger partial charge in [-0.25, -0.2) is 4.68 Å². The summed E-state index contributed by atoms with van der Waals surface area (Å²) in [5.41, 5.74) is 0.662. The summed E-state index contributed by atoms with van der Waals surface area (Å²) in [4.78, 5) is 141. The summed E-state index contributed by atoms with van der Waals surface area (Å²) in [6, 6.07) is -3.37. The summed E-state index contributed by atoms with van der Waals surface area (Å²) in [5, 5.41) is 78.6. The molecule has 452 valence electrons. The van der Waals surface area contributed by atoms with Crippen molar-refractivity contribution in [2.45, 2.75) is 154 Å². The molecule has 1 aromatic rings. The fraction of sp³-hybridized carbons (Fsp3) is 0.745. The molecule has 0 saturated carbocycles. The van der Waals surface area contributed by atoms with E-state index in [1.807, 2.05) is 6.92 Å². The number of carbonyl (C=O) groups excluding carboxylic acids is 8. The van der Waals surface area contributed by atoms with Crippen LogP contribution in [0.5, 0.6) is 0 Å². The summed E-state index contributed by atoms with van der Waals surface area (Å²) in [7, 11) is 0. The van der Waals surface area contributed by atoms with Crippen molar-refractivity contribution in [2.75, 3.05) is 65.9 Å². The molecule has 10 atom stereocenters. The van der Waals surface area contributed by atoms with Crippen LogP contribution in [0.4, 0.5) is 0 Å². The Labute approximate surface area is 462 Å². The second-order valence-corrected chi connectivity index (χ2v) is 19.8. The highest BCUT2D eigenvalue weighted by molar-refractivity contribution is 5.98. The first-order valence-electron chi connectivity index (χ1n) is 26.6. The van der Waals surface area contributed by atoms with E-state index < -0.39 is 177 Å². The van der Waals surface area contributed by atoms with Gasteiger partial charge in [-0.2, -0.15) is 0 Å². The molecule has 2 heterocycles. The smallest absolute Gasteiger partial charge is 0.305 e. The number of carboxylic acids is 3. The number of ether oxygens (including phenoxy) is 5. The third-order valence-corrected chi connectivity index (χ3v) is 12.7. The van der Waals surface area contributed by atoms with Crippen LogP contribution in [0.25, 0.3) is 0 Å². The molecule has 0 radical (unpaired) electrons. The van der Waals surface area contributed by atoms with Crippen LogP contribution in [0.3, 0.4) is 0 Å². The molecule has 29 heteroatoms. The van der Waals surface area contributed by atoms with Gasteiger partial charge in [0.1, 0.15) is 42.8 Å². The Hall–Kier alpha value is -6.21. The number of nitrogens with zero attached hydrogens (tertiary/aromatic N) is 3. The van der Waals surface area contributed by atoms with Crippen molar-refractivity contribution >= 4 is 64.7 Å². The minimum atomic E-state index is -2.09. The molecule has 4 amide bonds. The van der Waals surface area contributed by atoms with E-state index in [1.54, 1.807) is 6.20 Å². The minimum absolute atomic E-state index is 0.0391. The zero-order valence-corrected chi connectivity index (χ0v) is 46.0. The average molecular weight is 1140 g/mol.